The molecular weight excluding hydrogens is 895 g/mol. The second kappa shape index (κ2) is 19.4. The first-order valence-corrected chi connectivity index (χ1v) is 23.3. The summed E-state index contributed by atoms with van der Waals surface area (Å²) in [7, 11) is 2.10. The first-order valence-electron chi connectivity index (χ1n) is 21.8. The Hall–Kier alpha value is -5.16. The lowest BCUT2D eigenvalue weighted by molar-refractivity contribution is -0.145. The number of carbonyl (C=O) groups is 1. The van der Waals surface area contributed by atoms with Gasteiger partial charge in [0.05, 0.1) is 27.2 Å². The zero-order valence-electron chi connectivity index (χ0n) is 36.2. The summed E-state index contributed by atoms with van der Waals surface area (Å²) in [5.74, 6) is 0.466. The van der Waals surface area contributed by atoms with E-state index in [9.17, 15) is 19.4 Å². The van der Waals surface area contributed by atoms with Crippen LogP contribution in [0.5, 0.6) is 23.1 Å². The molecule has 2 fully saturated rings. The monoisotopic (exact) mass is 942 g/mol. The van der Waals surface area contributed by atoms with Crippen molar-refractivity contribution in [1.82, 2.24) is 29.7 Å². The number of nitrogens with zero attached hydrogens (tertiary/aromatic N) is 6. The van der Waals surface area contributed by atoms with Crippen LogP contribution in [0, 0.1) is 19.7 Å². The van der Waals surface area contributed by atoms with Crippen molar-refractivity contribution in [2.75, 3.05) is 46.4 Å². The number of thiophene rings is 1. The molecule has 0 unspecified atom stereocenters. The molecule has 6 heterocycles. The van der Waals surface area contributed by atoms with Crippen LogP contribution < -0.4 is 18.9 Å². The van der Waals surface area contributed by atoms with E-state index in [1.54, 1.807) is 42.6 Å². The van der Waals surface area contributed by atoms with Crippen molar-refractivity contribution < 1.29 is 38.3 Å². The minimum Gasteiger partial charge on any atom is -0.490 e. The average molecular weight is 944 g/mol. The Morgan fingerprint density at radius 3 is 2.40 bits per heavy atom. The van der Waals surface area contributed by atoms with Gasteiger partial charge in [0.2, 0.25) is 12.0 Å². The molecule has 13 nitrogen and oxygen atoms in total. The number of hydrogen-bond acceptors (Lipinski definition) is 13. The second-order valence-corrected chi connectivity index (χ2v) is 18.8. The highest BCUT2D eigenvalue weighted by Crippen LogP contribution is 2.53. The summed E-state index contributed by atoms with van der Waals surface area (Å²) in [4.78, 5) is 37.7. The number of benzene rings is 3. The molecule has 0 spiro atoms. The van der Waals surface area contributed by atoms with E-state index in [0.29, 0.717) is 107 Å². The van der Waals surface area contributed by atoms with Crippen LogP contribution in [0.4, 0.5) is 4.39 Å². The summed E-state index contributed by atoms with van der Waals surface area (Å²) in [5.41, 5.74) is 4.45. The Balaban J connectivity index is 1.15. The third-order valence-corrected chi connectivity index (χ3v) is 14.6. The van der Waals surface area contributed by atoms with Crippen LogP contribution in [0.2, 0.25) is 10.0 Å². The fraction of sp³-hybridized carbons (Fsp3) is 0.396. The average Bonchev–Trinajstić information content (AvgIpc) is 3.69. The van der Waals surface area contributed by atoms with Gasteiger partial charge in [-0.1, -0.05) is 35.3 Å². The number of halogens is 3. The summed E-state index contributed by atoms with van der Waals surface area (Å²) >= 11 is 16.0. The molecule has 3 aromatic carbocycles. The van der Waals surface area contributed by atoms with E-state index in [-0.39, 0.29) is 37.5 Å². The number of aliphatic hydroxyl groups is 1. The molecule has 4 bridgehead atoms. The van der Waals surface area contributed by atoms with Crippen LogP contribution in [0.15, 0.2) is 61.1 Å². The third kappa shape index (κ3) is 9.72. The molecule has 17 heteroatoms. The van der Waals surface area contributed by atoms with Crippen LogP contribution in [0.1, 0.15) is 59.8 Å². The Bertz CT molecular complexity index is 2680. The first kappa shape index (κ1) is 45.0. The Morgan fingerprint density at radius 2 is 1.68 bits per heavy atom. The Labute approximate surface area is 390 Å². The van der Waals surface area contributed by atoms with Gasteiger partial charge in [0.25, 0.3) is 0 Å². The Kier molecular flexibility index (Phi) is 13.4. The maximum atomic E-state index is 14.4. The molecule has 3 aromatic heterocycles. The lowest BCUT2D eigenvalue weighted by Gasteiger charge is -2.35. The molecule has 6 aromatic rings. The first-order chi connectivity index (χ1) is 31.4. The normalized spacial score (nSPS) is 20.7. The van der Waals surface area contributed by atoms with Crippen LogP contribution in [0.25, 0.3) is 31.8 Å². The van der Waals surface area contributed by atoms with E-state index in [0.717, 1.165) is 39.0 Å². The van der Waals surface area contributed by atoms with Crippen molar-refractivity contribution in [1.29, 1.82) is 0 Å². The minimum absolute atomic E-state index is 0.0311. The highest BCUT2D eigenvalue weighted by atomic mass is 35.5. The molecule has 1 aliphatic carbocycles. The summed E-state index contributed by atoms with van der Waals surface area (Å²) in [5, 5.41) is 22.0. The van der Waals surface area contributed by atoms with Crippen molar-refractivity contribution in [3.8, 4) is 44.7 Å². The lowest BCUT2D eigenvalue weighted by atomic mass is 9.87. The van der Waals surface area contributed by atoms with E-state index in [1.165, 1.54) is 29.8 Å². The van der Waals surface area contributed by atoms with Crippen molar-refractivity contribution in [3.05, 3.63) is 105 Å². The zero-order chi connectivity index (χ0) is 45.4. The molecule has 340 valence electrons. The van der Waals surface area contributed by atoms with E-state index in [1.807, 2.05) is 13.8 Å². The van der Waals surface area contributed by atoms with Gasteiger partial charge in [-0.2, -0.15) is 0 Å². The molecule has 10 rings (SSSR count). The number of piperazine rings is 1. The van der Waals surface area contributed by atoms with E-state index >= 15 is 0 Å². The maximum absolute atomic E-state index is 14.4. The third-order valence-electron chi connectivity index (χ3n) is 12.5. The topological polar surface area (TPSA) is 152 Å². The van der Waals surface area contributed by atoms with Gasteiger partial charge < -0.3 is 34.1 Å². The number of fused-ring (bicyclic) bond motifs is 7. The highest BCUT2D eigenvalue weighted by molar-refractivity contribution is 7.22. The van der Waals surface area contributed by atoms with Gasteiger partial charge in [0, 0.05) is 67.3 Å². The number of ether oxygens (including phenoxy) is 4. The van der Waals surface area contributed by atoms with Crippen molar-refractivity contribution in [2.24, 2.45) is 0 Å². The largest absolute Gasteiger partial charge is 0.490 e. The number of hydrogen-bond donors (Lipinski definition) is 2. The summed E-state index contributed by atoms with van der Waals surface area (Å²) in [6, 6.07) is 13.2. The fourth-order valence-corrected chi connectivity index (χ4v) is 10.5. The molecule has 4 aliphatic rings. The number of rotatable bonds is 8. The smallest absolute Gasteiger partial charge is 0.345 e. The summed E-state index contributed by atoms with van der Waals surface area (Å²) in [6.45, 7) is 7.96. The van der Waals surface area contributed by atoms with E-state index in [2.05, 4.69) is 31.8 Å². The van der Waals surface area contributed by atoms with Crippen molar-refractivity contribution >= 4 is 50.7 Å². The number of carboxylic acids is 1. The SMILES string of the molecule is Cc1c(Cl)c2c(Cl)c(C)c1-c1c(-c3ccc(F)cc3)sc3ncnc(c13)O[C@@H](C(=O)O)Cc1cc(ccc1OCc1ccnc([C@H]3CC[C@H](O)CC3)n1)OC[C@@H](CN1CCN(C)CC1)O2. The van der Waals surface area contributed by atoms with Crippen LogP contribution in [0.3, 0.4) is 0 Å². The number of carboxylic acid groups (broad SMARTS) is 1. The molecule has 0 amide bonds. The molecule has 3 aliphatic heterocycles. The molecular formula is C48H49Cl2FN6O7S. The molecule has 0 radical (unpaired) electrons. The van der Waals surface area contributed by atoms with Crippen LogP contribution in [-0.2, 0) is 17.8 Å². The zero-order valence-corrected chi connectivity index (χ0v) is 38.6. The fourth-order valence-electron chi connectivity index (χ4n) is 8.89. The van der Waals surface area contributed by atoms with Gasteiger partial charge in [-0.15, -0.1) is 11.3 Å². The van der Waals surface area contributed by atoms with Crippen molar-refractivity contribution in [3.63, 3.8) is 0 Å². The molecule has 2 atom stereocenters. The standard InChI is InChI=1S/C48H49Cl2FN6O7S/c1-26-38-27(2)42(50)43(41(26)49)63-35(22-57-18-16-56(3)17-19-57)24-61-34-12-13-36(62-23-32-14-15-52-45(55-32)29-6-10-33(58)11-7-29)30(20-34)21-37(48(59)60)64-46-40-39(38)44(65-47(40)54-25-53-46)28-4-8-31(51)9-5-28/h4-5,8-9,12-15,20,25,29,33,35,37,58H,6-7,10-11,16-19,21-24H2,1-3H3,(H,59,60)/t29-,33-,35-,37-/m1/s1. The van der Waals surface area contributed by atoms with Gasteiger partial charge >= 0.3 is 5.97 Å². The van der Waals surface area contributed by atoms with Crippen LogP contribution in [-0.4, -0.2) is 111 Å². The maximum Gasteiger partial charge on any atom is 0.345 e. The molecule has 1 saturated heterocycles. The lowest BCUT2D eigenvalue weighted by Crippen LogP contribution is -2.49. The molecule has 65 heavy (non-hydrogen) atoms. The van der Waals surface area contributed by atoms with E-state index < -0.39 is 24.0 Å². The molecule has 2 N–H and O–H groups in total. The number of aliphatic carboxylic acids is 1. The number of aromatic nitrogens is 4. The molecule has 1 saturated carbocycles. The van der Waals surface area contributed by atoms with Gasteiger partial charge in [-0.3, -0.25) is 4.90 Å². The van der Waals surface area contributed by atoms with Gasteiger partial charge in [0.1, 0.15) is 53.6 Å². The van der Waals surface area contributed by atoms with Crippen molar-refractivity contribution in [2.45, 2.75) is 76.8 Å². The number of aliphatic hydroxyl groups excluding tert-OH is 1. The Morgan fingerprint density at radius 1 is 0.938 bits per heavy atom. The van der Waals surface area contributed by atoms with Gasteiger partial charge in [-0.05, 0) is 105 Å². The van der Waals surface area contributed by atoms with Gasteiger partial charge in [-0.25, -0.2) is 29.1 Å². The second-order valence-electron chi connectivity index (χ2n) is 17.0. The van der Waals surface area contributed by atoms with Crippen LogP contribution >= 0.6 is 34.5 Å². The predicted molar refractivity (Wildman–Crippen MR) is 247 cm³/mol. The minimum atomic E-state index is -1.46. The summed E-state index contributed by atoms with van der Waals surface area (Å²) < 4.78 is 40.6. The van der Waals surface area contributed by atoms with E-state index in [4.69, 9.17) is 47.1 Å². The highest BCUT2D eigenvalue weighted by Gasteiger charge is 2.32. The predicted octanol–water partition coefficient (Wildman–Crippen LogP) is 8.94. The quantitative estimate of drug-likeness (QED) is 0.150. The van der Waals surface area contributed by atoms with Gasteiger partial charge in [0.15, 0.2) is 5.75 Å². The number of likely N-dealkylation sites (N-methyl/N-ethyl adjacent to an activating group) is 1. The summed E-state index contributed by atoms with van der Waals surface area (Å²) in [6.07, 6.45) is 3.66.